The number of fused-ring (bicyclic) bond motifs is 8. The predicted octanol–water partition coefficient (Wildman–Crippen LogP) is 5.76. The first-order chi connectivity index (χ1) is 27.4. The van der Waals surface area contributed by atoms with Crippen molar-refractivity contribution in [1.82, 2.24) is 0 Å². The fraction of sp³-hybridized carbons (Fsp3) is 0.711. The number of allylic oxidation sites excluding steroid dienone is 1. The van der Waals surface area contributed by atoms with Crippen LogP contribution in [0.4, 0.5) is 0 Å². The van der Waals surface area contributed by atoms with Gasteiger partial charge in [-0.3, -0.25) is 9.59 Å². The Morgan fingerprint density at radius 1 is 0.931 bits per heavy atom. The number of Topliss-reactive ketones (excluding diaryl/α,β-unsaturated/α-hetero) is 1. The molecule has 14 atom stereocenters. The molecule has 13 heteroatoms. The number of ether oxygens (including phenoxy) is 8. The average Bonchev–Trinajstić information content (AvgIpc) is 3.19. The Hall–Kier alpha value is -3.17. The number of hydrogen-bond acceptors (Lipinski definition) is 13. The van der Waals surface area contributed by atoms with Crippen LogP contribution in [-0.4, -0.2) is 103 Å². The van der Waals surface area contributed by atoms with Crippen molar-refractivity contribution in [2.45, 2.75) is 153 Å². The number of aliphatic hydroxyl groups is 2. The second-order valence-corrected chi connectivity index (χ2v) is 17.7. The van der Waals surface area contributed by atoms with E-state index in [0.717, 1.165) is 11.1 Å². The zero-order chi connectivity index (χ0) is 42.2. The second-order valence-electron chi connectivity index (χ2n) is 17.7. The number of hydrogen-bond donors (Lipinski definition) is 2. The van der Waals surface area contributed by atoms with Crippen LogP contribution in [0.3, 0.4) is 0 Å². The Morgan fingerprint density at radius 2 is 1.66 bits per heavy atom. The van der Waals surface area contributed by atoms with Crippen molar-refractivity contribution in [1.29, 1.82) is 0 Å². The van der Waals surface area contributed by atoms with E-state index < -0.39 is 89.4 Å². The van der Waals surface area contributed by atoms with Crippen molar-refractivity contribution >= 4 is 17.7 Å². The van der Waals surface area contributed by atoms with Gasteiger partial charge in [0.2, 0.25) is 0 Å². The highest BCUT2D eigenvalue weighted by Gasteiger charge is 2.66. The summed E-state index contributed by atoms with van der Waals surface area (Å²) in [5.74, 6) is -7.83. The Balaban J connectivity index is 1.46. The van der Waals surface area contributed by atoms with E-state index in [1.807, 2.05) is 65.0 Å². The highest BCUT2D eigenvalue weighted by atomic mass is 16.7. The van der Waals surface area contributed by atoms with E-state index in [4.69, 9.17) is 37.9 Å². The molecule has 0 radical (unpaired) electrons. The summed E-state index contributed by atoms with van der Waals surface area (Å²) in [4.78, 5) is 41.3. The van der Waals surface area contributed by atoms with Crippen molar-refractivity contribution in [2.75, 3.05) is 21.3 Å². The van der Waals surface area contributed by atoms with Gasteiger partial charge in [-0.25, -0.2) is 4.79 Å². The van der Waals surface area contributed by atoms with Crippen LogP contribution in [0.25, 0.3) is 0 Å². The van der Waals surface area contributed by atoms with Gasteiger partial charge in [0.15, 0.2) is 11.6 Å². The van der Waals surface area contributed by atoms with Gasteiger partial charge in [0.1, 0.15) is 29.5 Å². The fourth-order valence-electron chi connectivity index (χ4n) is 9.98. The molecule has 4 heterocycles. The van der Waals surface area contributed by atoms with Crippen molar-refractivity contribution < 1.29 is 62.5 Å². The van der Waals surface area contributed by atoms with Crippen LogP contribution in [-0.2, 0) is 54.1 Å². The molecule has 5 fully saturated rings. The van der Waals surface area contributed by atoms with Gasteiger partial charge in [-0.15, -0.1) is 0 Å². The number of benzene rings is 1. The van der Waals surface area contributed by atoms with Crippen LogP contribution in [0.1, 0.15) is 98.5 Å². The molecule has 0 amide bonds. The molecule has 6 bridgehead atoms. The molecule has 1 unspecified atom stereocenters. The van der Waals surface area contributed by atoms with E-state index in [2.05, 4.69) is 0 Å². The predicted molar refractivity (Wildman–Crippen MR) is 211 cm³/mol. The molecular formula is C45H64O13. The van der Waals surface area contributed by atoms with Crippen LogP contribution in [0, 0.1) is 29.6 Å². The summed E-state index contributed by atoms with van der Waals surface area (Å²) in [5.41, 5.74) is 0.961. The largest absolute Gasteiger partial charge is 0.497 e. The zero-order valence-electron chi connectivity index (χ0n) is 35.6. The van der Waals surface area contributed by atoms with Gasteiger partial charge >= 0.3 is 11.9 Å². The number of rotatable bonds is 7. The minimum absolute atomic E-state index is 0.0968. The summed E-state index contributed by atoms with van der Waals surface area (Å²) < 4.78 is 49.9. The summed E-state index contributed by atoms with van der Waals surface area (Å²) in [6.07, 6.45) is 1.45. The monoisotopic (exact) mass is 812 g/mol. The van der Waals surface area contributed by atoms with Crippen LogP contribution < -0.4 is 4.74 Å². The third-order valence-corrected chi connectivity index (χ3v) is 13.6. The Morgan fingerprint density at radius 3 is 2.31 bits per heavy atom. The summed E-state index contributed by atoms with van der Waals surface area (Å²) >= 11 is 0. The van der Waals surface area contributed by atoms with Gasteiger partial charge in [-0.2, -0.15) is 0 Å². The first kappa shape index (κ1) is 44.4. The lowest BCUT2D eigenvalue weighted by Crippen LogP contribution is -2.70. The SMILES string of the molecule is COC(=O)/C=C1\CC2O[C@@](OC)(C1)[C@H](C)C(=O)O[C@H]1C[C@@H](C=C(C)C)O[C@@H](C[C@]3(O)O[C@H](CC[C@H]2OCc2ccc(OC)cc2)[C@@H](C)[C@]2(O)CC[C@@H](C)C(=O)[C@H]23)[C@H]1C. The lowest BCUT2D eigenvalue weighted by atomic mass is 9.58. The maximum atomic E-state index is 14.4. The first-order valence-corrected chi connectivity index (χ1v) is 20.9. The van der Waals surface area contributed by atoms with Gasteiger partial charge in [-0.05, 0) is 70.6 Å². The molecule has 1 aromatic rings. The van der Waals surface area contributed by atoms with Gasteiger partial charge in [0.05, 0.1) is 56.9 Å². The molecule has 2 N–H and O–H groups in total. The van der Waals surface area contributed by atoms with E-state index in [1.54, 1.807) is 14.0 Å². The zero-order valence-corrected chi connectivity index (χ0v) is 35.6. The minimum atomic E-state index is -2.09. The van der Waals surface area contributed by atoms with Gasteiger partial charge in [0, 0.05) is 50.2 Å². The fourth-order valence-corrected chi connectivity index (χ4v) is 9.98. The molecule has 5 aliphatic rings. The molecule has 13 nitrogen and oxygen atoms in total. The van der Waals surface area contributed by atoms with E-state index in [0.29, 0.717) is 43.4 Å². The molecular weight excluding hydrogens is 748 g/mol. The highest BCUT2D eigenvalue weighted by molar-refractivity contribution is 5.86. The topological polar surface area (TPSA) is 166 Å². The summed E-state index contributed by atoms with van der Waals surface area (Å²) in [6.45, 7) is 11.4. The van der Waals surface area contributed by atoms with E-state index >= 15 is 0 Å². The quantitative estimate of drug-likeness (QED) is 0.194. The first-order valence-electron chi connectivity index (χ1n) is 20.9. The molecule has 322 valence electrons. The van der Waals surface area contributed by atoms with Crippen molar-refractivity contribution in [3.05, 3.63) is 53.1 Å². The van der Waals surface area contributed by atoms with E-state index in [9.17, 15) is 24.6 Å². The molecule has 6 rings (SSSR count). The molecule has 1 saturated carbocycles. The van der Waals surface area contributed by atoms with Crippen LogP contribution >= 0.6 is 0 Å². The summed E-state index contributed by atoms with van der Waals surface area (Å²) in [5, 5.41) is 25.5. The Kier molecular flexibility index (Phi) is 13.6. The Labute approximate surface area is 342 Å². The van der Waals surface area contributed by atoms with Crippen LogP contribution in [0.15, 0.2) is 47.6 Å². The summed E-state index contributed by atoms with van der Waals surface area (Å²) in [7, 11) is 4.39. The standard InChI is InChI=1S/C45H64O13/c1-25(2)18-33-21-36-27(4)38(55-33)23-44(50)41-40(47)26(3)16-17-43(41,49)28(5)34(57-44)14-15-35(54-24-30-10-12-32(51-7)13-11-30)37-19-31(20-39(46)52-8)22-45(53-9,58-37)29(6)42(48)56-36/h10-13,18,20,26-29,33-38,41,49-50H,14-17,19,21-24H2,1-9H3/b31-20+/t26-,27+,28-,29-,33-,34-,35-,36+,37?,38+,41-,43-,44+,45+/m1/s1. The number of esters is 2. The maximum absolute atomic E-state index is 14.4. The number of carbonyl (C=O) groups is 3. The van der Waals surface area contributed by atoms with Crippen LogP contribution in [0.2, 0.25) is 0 Å². The molecule has 1 aromatic carbocycles. The Bertz CT molecular complexity index is 1700. The molecule has 0 spiro atoms. The van der Waals surface area contributed by atoms with Crippen LogP contribution in [0.5, 0.6) is 5.75 Å². The average molecular weight is 813 g/mol. The van der Waals surface area contributed by atoms with Crippen molar-refractivity contribution in [3.8, 4) is 5.75 Å². The normalized spacial score (nSPS) is 41.5. The minimum Gasteiger partial charge on any atom is -0.497 e. The van der Waals surface area contributed by atoms with E-state index in [-0.39, 0.29) is 37.6 Å². The third kappa shape index (κ3) is 8.96. The van der Waals surface area contributed by atoms with Crippen molar-refractivity contribution in [2.24, 2.45) is 29.6 Å². The molecule has 4 saturated heterocycles. The number of ketones is 1. The van der Waals surface area contributed by atoms with Gasteiger partial charge < -0.3 is 48.1 Å². The molecule has 0 aromatic heterocycles. The third-order valence-electron chi connectivity index (χ3n) is 13.6. The summed E-state index contributed by atoms with van der Waals surface area (Å²) in [6, 6.07) is 7.50. The molecule has 4 aliphatic heterocycles. The van der Waals surface area contributed by atoms with Gasteiger partial charge in [-0.1, -0.05) is 50.1 Å². The molecule has 1 aliphatic carbocycles. The lowest BCUT2D eigenvalue weighted by Gasteiger charge is -2.58. The number of carbonyl (C=O) groups excluding carboxylic acids is 3. The van der Waals surface area contributed by atoms with Crippen molar-refractivity contribution in [3.63, 3.8) is 0 Å². The van der Waals surface area contributed by atoms with Gasteiger partial charge in [0.25, 0.3) is 0 Å². The maximum Gasteiger partial charge on any atom is 0.330 e. The lowest BCUT2D eigenvalue weighted by molar-refractivity contribution is -0.355. The van der Waals surface area contributed by atoms with E-state index in [1.165, 1.54) is 20.3 Å². The highest BCUT2D eigenvalue weighted by Crippen LogP contribution is 2.54. The number of methoxy groups -OCH3 is 3. The smallest absolute Gasteiger partial charge is 0.330 e. The second kappa shape index (κ2) is 17.8. The molecule has 58 heavy (non-hydrogen) atoms.